The predicted molar refractivity (Wildman–Crippen MR) is 95.9 cm³/mol. The van der Waals surface area contributed by atoms with Crippen molar-refractivity contribution < 1.29 is 18.4 Å². The van der Waals surface area contributed by atoms with Gasteiger partial charge in [0.05, 0.1) is 16.8 Å². The summed E-state index contributed by atoms with van der Waals surface area (Å²) in [6, 6.07) is 6.76. The number of benzene rings is 1. The van der Waals surface area contributed by atoms with Crippen molar-refractivity contribution in [2.45, 2.75) is 25.8 Å². The van der Waals surface area contributed by atoms with Gasteiger partial charge in [0.1, 0.15) is 0 Å². The van der Waals surface area contributed by atoms with E-state index in [0.29, 0.717) is 30.0 Å². The fourth-order valence-corrected chi connectivity index (χ4v) is 3.82. The van der Waals surface area contributed by atoms with Crippen LogP contribution in [0.5, 0.6) is 0 Å². The third-order valence-electron chi connectivity index (χ3n) is 4.61. The number of carbonyl (C=O) groups is 2. The minimum absolute atomic E-state index is 0.0499. The van der Waals surface area contributed by atoms with Crippen LogP contribution >= 0.6 is 11.3 Å². The number of nitrogens with zero attached hydrogens (tertiary/aromatic N) is 1. The summed E-state index contributed by atoms with van der Waals surface area (Å²) >= 11 is 1.39. The first kappa shape index (κ1) is 18.5. The van der Waals surface area contributed by atoms with Gasteiger partial charge in [-0.05, 0) is 48.9 Å². The van der Waals surface area contributed by atoms with Gasteiger partial charge >= 0.3 is 0 Å². The number of carbonyl (C=O) groups excluding carboxylic acids is 2. The molecule has 1 aromatic carbocycles. The molecule has 0 aliphatic carbocycles. The molecular weight excluding hydrogens is 358 g/mol. The fraction of sp³-hybridized carbons (Fsp3) is 0.368. The second-order valence-corrected chi connectivity index (χ2v) is 7.42. The van der Waals surface area contributed by atoms with E-state index >= 15 is 0 Å². The van der Waals surface area contributed by atoms with Gasteiger partial charge in [-0.25, -0.2) is 8.78 Å². The number of amides is 2. The Kier molecular flexibility index (Phi) is 5.66. The number of halogens is 2. The zero-order chi connectivity index (χ0) is 18.7. The van der Waals surface area contributed by atoms with Crippen LogP contribution < -0.4 is 5.32 Å². The molecule has 3 rings (SSSR count). The SMILES string of the molecule is C[C@H](NC(=O)[C@@H]1CCCN(C(=O)c2cccs2)C1)c1ccc(F)c(F)c1. The first-order chi connectivity index (χ1) is 12.5. The molecule has 1 aliphatic rings. The molecule has 0 radical (unpaired) electrons. The zero-order valence-corrected chi connectivity index (χ0v) is 15.2. The van der Waals surface area contributed by atoms with Gasteiger partial charge in [0.2, 0.25) is 5.91 Å². The van der Waals surface area contributed by atoms with Crippen molar-refractivity contribution in [3.8, 4) is 0 Å². The van der Waals surface area contributed by atoms with Gasteiger partial charge < -0.3 is 10.2 Å². The first-order valence-corrected chi connectivity index (χ1v) is 9.42. The standard InChI is InChI=1S/C19H20F2N2O2S/c1-12(13-6-7-15(20)16(21)10-13)22-18(24)14-4-2-8-23(11-14)19(25)17-5-3-9-26-17/h3,5-7,9-10,12,14H,2,4,8,11H2,1H3,(H,22,24)/t12-,14+/m0/s1. The van der Waals surface area contributed by atoms with Crippen LogP contribution in [-0.4, -0.2) is 29.8 Å². The van der Waals surface area contributed by atoms with E-state index in [4.69, 9.17) is 0 Å². The van der Waals surface area contributed by atoms with E-state index in [1.54, 1.807) is 17.9 Å². The maximum Gasteiger partial charge on any atom is 0.263 e. The van der Waals surface area contributed by atoms with E-state index < -0.39 is 17.7 Å². The Labute approximate surface area is 154 Å². The lowest BCUT2D eigenvalue weighted by molar-refractivity contribution is -0.127. The highest BCUT2D eigenvalue weighted by Crippen LogP contribution is 2.22. The summed E-state index contributed by atoms with van der Waals surface area (Å²) in [5, 5.41) is 4.70. The minimum Gasteiger partial charge on any atom is -0.349 e. The molecule has 4 nitrogen and oxygen atoms in total. The number of hydrogen-bond acceptors (Lipinski definition) is 3. The highest BCUT2D eigenvalue weighted by atomic mass is 32.1. The summed E-state index contributed by atoms with van der Waals surface area (Å²) in [6.07, 6.45) is 1.46. The van der Waals surface area contributed by atoms with Gasteiger partial charge in [0.15, 0.2) is 11.6 Å². The molecule has 0 saturated carbocycles. The molecule has 1 saturated heterocycles. The van der Waals surface area contributed by atoms with Crippen LogP contribution in [0.15, 0.2) is 35.7 Å². The van der Waals surface area contributed by atoms with Crippen LogP contribution in [0.25, 0.3) is 0 Å². The summed E-state index contributed by atoms with van der Waals surface area (Å²) < 4.78 is 26.4. The molecular formula is C19H20F2N2O2S. The van der Waals surface area contributed by atoms with Crippen LogP contribution in [0.3, 0.4) is 0 Å². The normalized spacial score (nSPS) is 18.4. The quantitative estimate of drug-likeness (QED) is 0.881. The zero-order valence-electron chi connectivity index (χ0n) is 14.4. The Morgan fingerprint density at radius 3 is 2.77 bits per heavy atom. The van der Waals surface area contributed by atoms with Gasteiger partial charge in [-0.1, -0.05) is 12.1 Å². The van der Waals surface area contributed by atoms with Gasteiger partial charge in [0.25, 0.3) is 5.91 Å². The molecule has 1 aromatic heterocycles. The van der Waals surface area contributed by atoms with Crippen molar-refractivity contribution in [1.29, 1.82) is 0 Å². The van der Waals surface area contributed by atoms with Crippen molar-refractivity contribution in [3.63, 3.8) is 0 Å². The molecule has 0 bridgehead atoms. The Hall–Kier alpha value is -2.28. The molecule has 2 amide bonds. The Morgan fingerprint density at radius 2 is 2.08 bits per heavy atom. The van der Waals surface area contributed by atoms with E-state index in [1.807, 2.05) is 11.4 Å². The number of likely N-dealkylation sites (tertiary alicyclic amines) is 1. The number of hydrogen-bond donors (Lipinski definition) is 1. The van der Waals surface area contributed by atoms with Crippen LogP contribution in [-0.2, 0) is 4.79 Å². The summed E-state index contributed by atoms with van der Waals surface area (Å²) in [5.74, 6) is -2.38. The lowest BCUT2D eigenvalue weighted by Gasteiger charge is -2.32. The van der Waals surface area contributed by atoms with Crippen LogP contribution in [0.1, 0.15) is 41.0 Å². The summed E-state index contributed by atoms with van der Waals surface area (Å²) in [5.41, 5.74) is 0.500. The maximum absolute atomic E-state index is 13.4. The van der Waals surface area contributed by atoms with Crippen molar-refractivity contribution in [3.05, 3.63) is 57.8 Å². The summed E-state index contributed by atoms with van der Waals surface area (Å²) in [4.78, 5) is 27.4. The Bertz CT molecular complexity index is 795. The highest BCUT2D eigenvalue weighted by Gasteiger charge is 2.30. The van der Waals surface area contributed by atoms with Gasteiger partial charge in [-0.3, -0.25) is 9.59 Å². The van der Waals surface area contributed by atoms with E-state index in [-0.39, 0.29) is 17.7 Å². The molecule has 7 heteroatoms. The second-order valence-electron chi connectivity index (χ2n) is 6.47. The van der Waals surface area contributed by atoms with Crippen molar-refractivity contribution in [2.75, 3.05) is 13.1 Å². The van der Waals surface area contributed by atoms with E-state index in [1.165, 1.54) is 17.4 Å². The Morgan fingerprint density at radius 1 is 1.27 bits per heavy atom. The number of nitrogens with one attached hydrogen (secondary N) is 1. The van der Waals surface area contributed by atoms with E-state index in [0.717, 1.165) is 18.6 Å². The van der Waals surface area contributed by atoms with E-state index in [2.05, 4.69) is 5.32 Å². The molecule has 0 unspecified atom stereocenters. The molecule has 1 aliphatic heterocycles. The molecule has 2 heterocycles. The topological polar surface area (TPSA) is 49.4 Å². The lowest BCUT2D eigenvalue weighted by Crippen LogP contribution is -2.45. The van der Waals surface area contributed by atoms with Crippen LogP contribution in [0.2, 0.25) is 0 Å². The summed E-state index contributed by atoms with van der Waals surface area (Å²) in [6.45, 7) is 2.73. The predicted octanol–water partition coefficient (Wildman–Crippen LogP) is 3.76. The lowest BCUT2D eigenvalue weighted by atomic mass is 9.96. The monoisotopic (exact) mass is 378 g/mol. The Balaban J connectivity index is 1.62. The smallest absolute Gasteiger partial charge is 0.263 e. The number of piperidine rings is 1. The molecule has 2 aromatic rings. The van der Waals surface area contributed by atoms with Crippen LogP contribution in [0.4, 0.5) is 8.78 Å². The fourth-order valence-electron chi connectivity index (χ4n) is 3.13. The maximum atomic E-state index is 13.4. The van der Waals surface area contributed by atoms with Gasteiger partial charge in [0, 0.05) is 13.1 Å². The molecule has 138 valence electrons. The number of rotatable bonds is 4. The van der Waals surface area contributed by atoms with Gasteiger partial charge in [-0.2, -0.15) is 0 Å². The minimum atomic E-state index is -0.936. The molecule has 0 spiro atoms. The third kappa shape index (κ3) is 4.09. The van der Waals surface area contributed by atoms with Crippen molar-refractivity contribution in [1.82, 2.24) is 10.2 Å². The molecule has 2 atom stereocenters. The third-order valence-corrected chi connectivity index (χ3v) is 5.47. The molecule has 1 fully saturated rings. The first-order valence-electron chi connectivity index (χ1n) is 8.54. The van der Waals surface area contributed by atoms with Crippen molar-refractivity contribution in [2.24, 2.45) is 5.92 Å². The highest BCUT2D eigenvalue weighted by molar-refractivity contribution is 7.12. The van der Waals surface area contributed by atoms with Crippen molar-refractivity contribution >= 4 is 23.2 Å². The molecule has 1 N–H and O–H groups in total. The average Bonchev–Trinajstić information content (AvgIpc) is 3.18. The van der Waals surface area contributed by atoms with Crippen LogP contribution in [0, 0.1) is 17.6 Å². The largest absolute Gasteiger partial charge is 0.349 e. The second kappa shape index (κ2) is 7.95. The summed E-state index contributed by atoms with van der Waals surface area (Å²) in [7, 11) is 0. The van der Waals surface area contributed by atoms with E-state index in [9.17, 15) is 18.4 Å². The average molecular weight is 378 g/mol. The molecule has 26 heavy (non-hydrogen) atoms. The van der Waals surface area contributed by atoms with Gasteiger partial charge in [-0.15, -0.1) is 11.3 Å². The number of thiophene rings is 1.